The summed E-state index contributed by atoms with van der Waals surface area (Å²) in [5, 5.41) is 0. The molecule has 138 valence electrons. The van der Waals surface area contributed by atoms with E-state index in [1.165, 1.54) is 7.11 Å². The first-order valence-corrected chi connectivity index (χ1v) is 8.46. The lowest BCUT2D eigenvalue weighted by molar-refractivity contribution is 0.0533. The van der Waals surface area contributed by atoms with E-state index in [-0.39, 0.29) is 11.8 Å². The molecule has 0 spiro atoms. The molecule has 1 aromatic heterocycles. The van der Waals surface area contributed by atoms with Crippen LogP contribution in [0.4, 0.5) is 0 Å². The van der Waals surface area contributed by atoms with E-state index < -0.39 is 0 Å². The van der Waals surface area contributed by atoms with E-state index in [1.807, 2.05) is 30.1 Å². The molecule has 0 atom stereocenters. The topological polar surface area (TPSA) is 64.0 Å². The average molecular weight is 357 g/mol. The summed E-state index contributed by atoms with van der Waals surface area (Å²) in [4.78, 5) is 28.9. The molecule has 2 amide bonds. The smallest absolute Gasteiger partial charge is 0.257 e. The molecule has 2 heterocycles. The number of amides is 2. The van der Waals surface area contributed by atoms with Gasteiger partial charge in [0.25, 0.3) is 11.8 Å². The van der Waals surface area contributed by atoms with Crippen LogP contribution in [0.15, 0.2) is 36.7 Å². The number of carbonyl (C=O) groups excluding carboxylic acids is 2. The Bertz CT molecular complexity index is 807. The van der Waals surface area contributed by atoms with E-state index in [2.05, 4.69) is 0 Å². The lowest BCUT2D eigenvalue weighted by Crippen LogP contribution is -2.50. The van der Waals surface area contributed by atoms with Crippen LogP contribution < -0.4 is 9.47 Å². The number of rotatable bonds is 4. The predicted octanol–water partition coefficient (Wildman–Crippen LogP) is 1.64. The van der Waals surface area contributed by atoms with Crippen LogP contribution in [-0.4, -0.2) is 66.6 Å². The Labute approximate surface area is 152 Å². The van der Waals surface area contributed by atoms with Crippen LogP contribution in [0.3, 0.4) is 0 Å². The minimum absolute atomic E-state index is 0.000253. The number of nitrogens with zero attached hydrogens (tertiary/aromatic N) is 3. The van der Waals surface area contributed by atoms with Gasteiger partial charge in [-0.1, -0.05) is 0 Å². The third-order valence-electron chi connectivity index (χ3n) is 4.57. The van der Waals surface area contributed by atoms with Gasteiger partial charge in [0, 0.05) is 51.7 Å². The van der Waals surface area contributed by atoms with E-state index in [0.29, 0.717) is 48.8 Å². The van der Waals surface area contributed by atoms with Gasteiger partial charge in [0.1, 0.15) is 11.5 Å². The third-order valence-corrected chi connectivity index (χ3v) is 4.57. The maximum Gasteiger partial charge on any atom is 0.257 e. The number of carbonyl (C=O) groups is 2. The largest absolute Gasteiger partial charge is 0.497 e. The molecule has 1 fully saturated rings. The lowest BCUT2D eigenvalue weighted by Gasteiger charge is -2.35. The van der Waals surface area contributed by atoms with Crippen LogP contribution in [0.2, 0.25) is 0 Å². The molecule has 0 unspecified atom stereocenters. The second kappa shape index (κ2) is 7.51. The van der Waals surface area contributed by atoms with Gasteiger partial charge in [-0.05, 0) is 18.2 Å². The standard InChI is InChI=1S/C19H23N3O4/c1-20-7-6-14(13-20)18(23)21-8-10-22(11-9-21)19(24)16-5-4-15(25-2)12-17(16)26-3/h4-7,12-13H,8-11H2,1-3H3. The molecular weight excluding hydrogens is 334 g/mol. The van der Waals surface area contributed by atoms with Crippen molar-refractivity contribution in [1.29, 1.82) is 0 Å². The van der Waals surface area contributed by atoms with Crippen LogP contribution in [0.5, 0.6) is 11.5 Å². The van der Waals surface area contributed by atoms with E-state index in [0.717, 1.165) is 0 Å². The zero-order chi connectivity index (χ0) is 18.7. The molecular formula is C19H23N3O4. The summed E-state index contributed by atoms with van der Waals surface area (Å²) in [6.45, 7) is 2.01. The van der Waals surface area contributed by atoms with E-state index in [1.54, 1.807) is 35.1 Å². The number of aromatic nitrogens is 1. The highest BCUT2D eigenvalue weighted by molar-refractivity contribution is 5.98. The van der Waals surface area contributed by atoms with Crippen LogP contribution >= 0.6 is 0 Å². The molecule has 0 saturated carbocycles. The molecule has 0 N–H and O–H groups in total. The molecule has 7 heteroatoms. The number of hydrogen-bond acceptors (Lipinski definition) is 4. The van der Waals surface area contributed by atoms with Gasteiger partial charge < -0.3 is 23.8 Å². The summed E-state index contributed by atoms with van der Waals surface area (Å²) < 4.78 is 12.3. The highest BCUT2D eigenvalue weighted by atomic mass is 16.5. The number of piperazine rings is 1. The van der Waals surface area contributed by atoms with Crippen LogP contribution in [-0.2, 0) is 7.05 Å². The maximum atomic E-state index is 12.8. The Balaban J connectivity index is 1.66. The molecule has 3 rings (SSSR count). The van der Waals surface area contributed by atoms with Crippen molar-refractivity contribution in [3.05, 3.63) is 47.8 Å². The Morgan fingerprint density at radius 3 is 2.12 bits per heavy atom. The first-order chi connectivity index (χ1) is 12.5. The van der Waals surface area contributed by atoms with Crippen molar-refractivity contribution in [2.75, 3.05) is 40.4 Å². The van der Waals surface area contributed by atoms with Crippen molar-refractivity contribution in [2.24, 2.45) is 7.05 Å². The van der Waals surface area contributed by atoms with Gasteiger partial charge >= 0.3 is 0 Å². The van der Waals surface area contributed by atoms with Gasteiger partial charge in [-0.3, -0.25) is 9.59 Å². The lowest BCUT2D eigenvalue weighted by atomic mass is 10.1. The summed E-state index contributed by atoms with van der Waals surface area (Å²) in [5.74, 6) is 1.02. The third kappa shape index (κ3) is 3.51. The molecule has 2 aromatic rings. The van der Waals surface area contributed by atoms with Crippen molar-refractivity contribution in [3.63, 3.8) is 0 Å². The summed E-state index contributed by atoms with van der Waals surface area (Å²) in [6, 6.07) is 6.96. The normalized spacial score (nSPS) is 14.3. The first kappa shape index (κ1) is 17.8. The Morgan fingerprint density at radius 1 is 0.923 bits per heavy atom. The molecule has 0 bridgehead atoms. The number of hydrogen-bond donors (Lipinski definition) is 0. The van der Waals surface area contributed by atoms with Crippen molar-refractivity contribution in [1.82, 2.24) is 14.4 Å². The minimum atomic E-state index is -0.101. The summed E-state index contributed by atoms with van der Waals surface area (Å²) in [6.07, 6.45) is 3.66. The molecule has 1 aliphatic rings. The first-order valence-electron chi connectivity index (χ1n) is 8.46. The Kier molecular flexibility index (Phi) is 5.16. The van der Waals surface area contributed by atoms with E-state index in [9.17, 15) is 9.59 Å². The summed E-state index contributed by atoms with van der Waals surface area (Å²) in [5.41, 5.74) is 1.17. The van der Waals surface area contributed by atoms with Gasteiger partial charge in [0.15, 0.2) is 0 Å². The minimum Gasteiger partial charge on any atom is -0.497 e. The number of methoxy groups -OCH3 is 2. The van der Waals surface area contributed by atoms with Crippen LogP contribution in [0.25, 0.3) is 0 Å². The number of ether oxygens (including phenoxy) is 2. The SMILES string of the molecule is COc1ccc(C(=O)N2CCN(C(=O)c3ccn(C)c3)CC2)c(OC)c1. The second-order valence-corrected chi connectivity index (χ2v) is 6.22. The van der Waals surface area contributed by atoms with Crippen LogP contribution in [0.1, 0.15) is 20.7 Å². The zero-order valence-corrected chi connectivity index (χ0v) is 15.3. The van der Waals surface area contributed by atoms with Gasteiger partial charge in [-0.15, -0.1) is 0 Å². The highest BCUT2D eigenvalue weighted by Crippen LogP contribution is 2.26. The monoisotopic (exact) mass is 357 g/mol. The summed E-state index contributed by atoms with van der Waals surface area (Å²) >= 11 is 0. The Morgan fingerprint density at radius 2 is 1.58 bits per heavy atom. The predicted molar refractivity (Wildman–Crippen MR) is 96.8 cm³/mol. The van der Waals surface area contributed by atoms with Crippen molar-refractivity contribution in [2.45, 2.75) is 0 Å². The van der Waals surface area contributed by atoms with Crippen molar-refractivity contribution < 1.29 is 19.1 Å². The number of benzene rings is 1. The molecule has 7 nitrogen and oxygen atoms in total. The molecule has 1 aromatic carbocycles. The Hall–Kier alpha value is -2.96. The molecule has 1 aliphatic heterocycles. The van der Waals surface area contributed by atoms with E-state index in [4.69, 9.17) is 9.47 Å². The van der Waals surface area contributed by atoms with Gasteiger partial charge in [-0.2, -0.15) is 0 Å². The fourth-order valence-electron chi connectivity index (χ4n) is 3.07. The number of aryl methyl sites for hydroxylation is 1. The average Bonchev–Trinajstić information content (AvgIpc) is 3.12. The zero-order valence-electron chi connectivity index (χ0n) is 15.3. The molecule has 1 saturated heterocycles. The molecule has 0 radical (unpaired) electrons. The van der Waals surface area contributed by atoms with Gasteiger partial charge in [-0.25, -0.2) is 0 Å². The quantitative estimate of drug-likeness (QED) is 0.835. The fraction of sp³-hybridized carbons (Fsp3) is 0.368. The van der Waals surface area contributed by atoms with E-state index >= 15 is 0 Å². The highest BCUT2D eigenvalue weighted by Gasteiger charge is 2.27. The van der Waals surface area contributed by atoms with Gasteiger partial charge in [0.05, 0.1) is 25.3 Å². The molecule has 26 heavy (non-hydrogen) atoms. The fourth-order valence-corrected chi connectivity index (χ4v) is 3.07. The van der Waals surface area contributed by atoms with Crippen LogP contribution in [0, 0.1) is 0 Å². The molecule has 0 aliphatic carbocycles. The van der Waals surface area contributed by atoms with Crippen molar-refractivity contribution in [3.8, 4) is 11.5 Å². The van der Waals surface area contributed by atoms with Gasteiger partial charge in [0.2, 0.25) is 0 Å². The van der Waals surface area contributed by atoms with Crippen molar-refractivity contribution >= 4 is 11.8 Å². The maximum absolute atomic E-state index is 12.8. The summed E-state index contributed by atoms with van der Waals surface area (Å²) in [7, 11) is 4.98. The second-order valence-electron chi connectivity index (χ2n) is 6.22.